The minimum absolute atomic E-state index is 0.177. The maximum atomic E-state index is 12.9. The van der Waals surface area contributed by atoms with Gasteiger partial charge in [-0.3, -0.25) is 9.69 Å². The number of piperazine rings is 1. The van der Waals surface area contributed by atoms with Gasteiger partial charge in [0.2, 0.25) is 10.0 Å². The quantitative estimate of drug-likeness (QED) is 0.460. The largest absolute Gasteiger partial charge is 0.497 e. The third kappa shape index (κ3) is 6.30. The molecule has 1 amide bonds. The number of amides is 1. The first kappa shape index (κ1) is 26.7. The van der Waals surface area contributed by atoms with Gasteiger partial charge in [-0.05, 0) is 55.0 Å². The first-order chi connectivity index (χ1) is 17.8. The molecule has 0 radical (unpaired) electrons. The number of ether oxygens (including phenoxy) is 2. The van der Waals surface area contributed by atoms with E-state index in [-0.39, 0.29) is 11.9 Å². The number of hydrogen-bond acceptors (Lipinski definition) is 6. The molecule has 1 N–H and O–H groups in total. The average Bonchev–Trinajstić information content (AvgIpc) is 2.93. The molecule has 196 valence electrons. The van der Waals surface area contributed by atoms with Gasteiger partial charge in [-0.2, -0.15) is 4.31 Å². The molecule has 37 heavy (non-hydrogen) atoms. The molecular formula is C28H33N3O5S. The predicted octanol–water partition coefficient (Wildman–Crippen LogP) is 3.70. The molecule has 0 spiro atoms. The van der Waals surface area contributed by atoms with Crippen LogP contribution in [-0.4, -0.2) is 63.9 Å². The van der Waals surface area contributed by atoms with E-state index in [0.717, 1.165) is 11.1 Å². The van der Waals surface area contributed by atoms with Crippen LogP contribution in [0.2, 0.25) is 0 Å². The van der Waals surface area contributed by atoms with Crippen LogP contribution in [0.15, 0.2) is 77.7 Å². The van der Waals surface area contributed by atoms with Crippen LogP contribution in [-0.2, 0) is 16.6 Å². The maximum absolute atomic E-state index is 12.9. The number of methoxy groups -OCH3 is 2. The van der Waals surface area contributed by atoms with Crippen LogP contribution < -0.4 is 14.8 Å². The van der Waals surface area contributed by atoms with Crippen molar-refractivity contribution < 1.29 is 22.7 Å². The Hall–Kier alpha value is -3.40. The van der Waals surface area contributed by atoms with Crippen LogP contribution in [0.3, 0.4) is 0 Å². The lowest BCUT2D eigenvalue weighted by Gasteiger charge is -2.34. The number of hydrogen-bond donors (Lipinski definition) is 1. The smallest absolute Gasteiger partial charge is 0.251 e. The van der Waals surface area contributed by atoms with Gasteiger partial charge in [0.05, 0.1) is 25.2 Å². The van der Waals surface area contributed by atoms with E-state index in [4.69, 9.17) is 9.47 Å². The normalized spacial score (nSPS) is 15.6. The number of nitrogens with zero attached hydrogens (tertiary/aromatic N) is 2. The molecular weight excluding hydrogens is 490 g/mol. The summed E-state index contributed by atoms with van der Waals surface area (Å²) in [7, 11) is -0.267. The van der Waals surface area contributed by atoms with Crippen LogP contribution in [0.4, 0.5) is 0 Å². The summed E-state index contributed by atoms with van der Waals surface area (Å²) in [6, 6.07) is 21.3. The highest BCUT2D eigenvalue weighted by atomic mass is 32.2. The summed E-state index contributed by atoms with van der Waals surface area (Å²) in [5, 5.41) is 3.02. The van der Waals surface area contributed by atoms with E-state index in [2.05, 4.69) is 10.2 Å². The molecule has 0 bridgehead atoms. The molecule has 0 aromatic heterocycles. The van der Waals surface area contributed by atoms with Gasteiger partial charge in [-0.1, -0.05) is 30.3 Å². The molecule has 8 nitrogen and oxygen atoms in total. The summed E-state index contributed by atoms with van der Waals surface area (Å²) in [6.45, 7) is 4.79. The standard InChI is InChI=1S/C28H33N3O5S/c1-21(26-19-24(35-2)13-14-27(26)36-3)29-28(32)23-11-9-22(10-12-23)20-30-15-17-31(18-16-30)37(33,34)25-7-5-4-6-8-25/h4-14,19,21H,15-18,20H2,1-3H3,(H,29,32)/t21-/m0/s1. The molecule has 0 unspecified atom stereocenters. The van der Waals surface area contributed by atoms with Gasteiger partial charge >= 0.3 is 0 Å². The van der Waals surface area contributed by atoms with Crippen LogP contribution >= 0.6 is 0 Å². The van der Waals surface area contributed by atoms with Gasteiger partial charge in [0.25, 0.3) is 5.91 Å². The monoisotopic (exact) mass is 523 g/mol. The van der Waals surface area contributed by atoms with E-state index in [0.29, 0.717) is 54.7 Å². The van der Waals surface area contributed by atoms with Gasteiger partial charge in [-0.15, -0.1) is 0 Å². The van der Waals surface area contributed by atoms with Gasteiger partial charge in [0.1, 0.15) is 11.5 Å². The Morgan fingerprint density at radius 3 is 2.22 bits per heavy atom. The van der Waals surface area contributed by atoms with Crippen molar-refractivity contribution >= 4 is 15.9 Å². The topological polar surface area (TPSA) is 88.2 Å². The molecule has 1 saturated heterocycles. The maximum Gasteiger partial charge on any atom is 0.251 e. The summed E-state index contributed by atoms with van der Waals surface area (Å²) >= 11 is 0. The fraction of sp³-hybridized carbons (Fsp3) is 0.321. The number of benzene rings is 3. The van der Waals surface area contributed by atoms with Gasteiger partial charge in [0.15, 0.2) is 0 Å². The molecule has 3 aromatic carbocycles. The average molecular weight is 524 g/mol. The third-order valence-corrected chi connectivity index (χ3v) is 8.50. The lowest BCUT2D eigenvalue weighted by molar-refractivity contribution is 0.0939. The number of sulfonamides is 1. The van der Waals surface area contributed by atoms with E-state index in [9.17, 15) is 13.2 Å². The molecule has 1 fully saturated rings. The van der Waals surface area contributed by atoms with Crippen molar-refractivity contribution in [1.29, 1.82) is 0 Å². The molecule has 1 aliphatic rings. The van der Waals surface area contributed by atoms with Crippen LogP contribution in [0.1, 0.15) is 34.5 Å². The lowest BCUT2D eigenvalue weighted by Crippen LogP contribution is -2.48. The highest BCUT2D eigenvalue weighted by molar-refractivity contribution is 7.89. The van der Waals surface area contributed by atoms with Gasteiger partial charge < -0.3 is 14.8 Å². The number of nitrogens with one attached hydrogen (secondary N) is 1. The first-order valence-corrected chi connectivity index (χ1v) is 13.6. The van der Waals surface area contributed by atoms with Crippen LogP contribution in [0.25, 0.3) is 0 Å². The number of carbonyl (C=O) groups is 1. The zero-order valence-corrected chi connectivity index (χ0v) is 22.2. The van der Waals surface area contributed by atoms with E-state index < -0.39 is 10.0 Å². The Kier molecular flexibility index (Phi) is 8.48. The minimum atomic E-state index is -3.46. The Balaban J connectivity index is 1.32. The summed E-state index contributed by atoms with van der Waals surface area (Å²) < 4.78 is 38.0. The molecule has 1 heterocycles. The van der Waals surface area contributed by atoms with E-state index in [1.807, 2.05) is 55.5 Å². The summed E-state index contributed by atoms with van der Waals surface area (Å²) in [4.78, 5) is 15.4. The number of carbonyl (C=O) groups excluding carboxylic acids is 1. The van der Waals surface area contributed by atoms with Crippen LogP contribution in [0, 0.1) is 0 Å². The van der Waals surface area contributed by atoms with E-state index >= 15 is 0 Å². The van der Waals surface area contributed by atoms with Crippen molar-refractivity contribution in [2.24, 2.45) is 0 Å². The fourth-order valence-electron chi connectivity index (χ4n) is 4.42. The van der Waals surface area contributed by atoms with E-state index in [1.165, 1.54) is 0 Å². The molecule has 4 rings (SSSR count). The zero-order valence-electron chi connectivity index (χ0n) is 21.4. The Bertz CT molecular complexity index is 1310. The molecule has 9 heteroatoms. The zero-order chi connectivity index (χ0) is 26.4. The van der Waals surface area contributed by atoms with Gasteiger partial charge in [0, 0.05) is 43.9 Å². The molecule has 0 saturated carbocycles. The fourth-order valence-corrected chi connectivity index (χ4v) is 5.87. The second kappa shape index (κ2) is 11.8. The predicted molar refractivity (Wildman–Crippen MR) is 142 cm³/mol. The van der Waals surface area contributed by atoms with Crippen LogP contribution in [0.5, 0.6) is 11.5 Å². The van der Waals surface area contributed by atoms with Crippen molar-refractivity contribution in [2.45, 2.75) is 24.4 Å². The van der Waals surface area contributed by atoms with Crippen molar-refractivity contribution in [3.63, 3.8) is 0 Å². The summed E-state index contributed by atoms with van der Waals surface area (Å²) in [5.74, 6) is 1.20. The Labute approximate surface area is 218 Å². The summed E-state index contributed by atoms with van der Waals surface area (Å²) in [5.41, 5.74) is 2.47. The molecule has 1 atom stereocenters. The van der Waals surface area contributed by atoms with Crippen molar-refractivity contribution in [2.75, 3.05) is 40.4 Å². The third-order valence-electron chi connectivity index (χ3n) is 6.59. The Morgan fingerprint density at radius 2 is 1.59 bits per heavy atom. The lowest BCUT2D eigenvalue weighted by atomic mass is 10.1. The second-order valence-corrected chi connectivity index (χ2v) is 10.9. The molecule has 1 aliphatic heterocycles. The van der Waals surface area contributed by atoms with E-state index in [1.54, 1.807) is 42.8 Å². The SMILES string of the molecule is COc1ccc(OC)c([C@H](C)NC(=O)c2ccc(CN3CCN(S(=O)(=O)c4ccccc4)CC3)cc2)c1. The highest BCUT2D eigenvalue weighted by Gasteiger charge is 2.28. The van der Waals surface area contributed by atoms with Gasteiger partial charge in [-0.25, -0.2) is 8.42 Å². The molecule has 3 aromatic rings. The summed E-state index contributed by atoms with van der Waals surface area (Å²) in [6.07, 6.45) is 0. The van der Waals surface area contributed by atoms with Crippen molar-refractivity contribution in [3.8, 4) is 11.5 Å². The number of rotatable bonds is 9. The first-order valence-electron chi connectivity index (χ1n) is 12.2. The van der Waals surface area contributed by atoms with Crippen molar-refractivity contribution in [1.82, 2.24) is 14.5 Å². The minimum Gasteiger partial charge on any atom is -0.497 e. The highest BCUT2D eigenvalue weighted by Crippen LogP contribution is 2.29. The molecule has 0 aliphatic carbocycles. The second-order valence-electron chi connectivity index (χ2n) is 8.99. The Morgan fingerprint density at radius 1 is 0.919 bits per heavy atom. The van der Waals surface area contributed by atoms with Crippen molar-refractivity contribution in [3.05, 3.63) is 89.5 Å².